The van der Waals surface area contributed by atoms with Gasteiger partial charge < -0.3 is 9.84 Å². The molecule has 1 heterocycles. The summed E-state index contributed by atoms with van der Waals surface area (Å²) in [5.74, 6) is -1.57. The van der Waals surface area contributed by atoms with Gasteiger partial charge in [-0.15, -0.1) is 0 Å². The van der Waals surface area contributed by atoms with Crippen LogP contribution in [-0.2, 0) is 9.59 Å². The van der Waals surface area contributed by atoms with Crippen LogP contribution in [0.4, 0.5) is 10.1 Å². The van der Waals surface area contributed by atoms with Crippen LogP contribution < -0.4 is 15.0 Å². The van der Waals surface area contributed by atoms with Gasteiger partial charge in [0.05, 0.1) is 16.4 Å². The van der Waals surface area contributed by atoms with Crippen LogP contribution in [0.5, 0.6) is 11.5 Å². The third-order valence-electron chi connectivity index (χ3n) is 3.77. The molecule has 27 heavy (non-hydrogen) atoms. The molecule has 0 bridgehead atoms. The number of aromatic hydroxyl groups is 1. The zero-order chi connectivity index (χ0) is 19.7. The summed E-state index contributed by atoms with van der Waals surface area (Å²) in [6, 6.07) is 8.26. The number of hydrogen-bond donors (Lipinski definition) is 2. The third-order valence-corrected chi connectivity index (χ3v) is 4.88. The van der Waals surface area contributed by atoms with Gasteiger partial charge in [0, 0.05) is 0 Å². The smallest absolute Gasteiger partial charge is 0.270 e. The summed E-state index contributed by atoms with van der Waals surface area (Å²) in [7, 11) is 1.40. The minimum atomic E-state index is -0.648. The molecule has 1 saturated heterocycles. The van der Waals surface area contributed by atoms with Crippen molar-refractivity contribution in [3.8, 4) is 11.5 Å². The largest absolute Gasteiger partial charge is 0.504 e. The van der Waals surface area contributed by atoms with Crippen molar-refractivity contribution in [2.45, 2.75) is 0 Å². The van der Waals surface area contributed by atoms with Crippen molar-refractivity contribution in [1.82, 2.24) is 5.32 Å². The quantitative estimate of drug-likeness (QED) is 0.295. The molecule has 1 aliphatic heterocycles. The van der Waals surface area contributed by atoms with Gasteiger partial charge in [0.1, 0.15) is 11.4 Å². The standard InChI is InChI=1S/C18H12FIN2O4S/c1-26-14-8-9(7-13(20)15(14)23)6-12-16(24)21-18(27)22(17(12)25)11-4-2-10(19)3-5-11/h2-8,23H,1H3,(H,21,24,27)/b12-6-. The number of phenols is 1. The van der Waals surface area contributed by atoms with Gasteiger partial charge in [-0.2, -0.15) is 0 Å². The van der Waals surface area contributed by atoms with Gasteiger partial charge in [0.25, 0.3) is 11.8 Å². The SMILES string of the molecule is COc1cc(/C=C2/C(=O)NC(=S)N(c3ccc(F)cc3)C2=O)cc(I)c1O. The number of anilines is 1. The summed E-state index contributed by atoms with van der Waals surface area (Å²) in [6.07, 6.45) is 1.38. The summed E-state index contributed by atoms with van der Waals surface area (Å²) >= 11 is 7.00. The second kappa shape index (κ2) is 7.61. The van der Waals surface area contributed by atoms with Crippen LogP contribution in [-0.4, -0.2) is 29.1 Å². The fourth-order valence-corrected chi connectivity index (χ4v) is 3.39. The zero-order valence-electron chi connectivity index (χ0n) is 13.8. The molecule has 0 radical (unpaired) electrons. The molecule has 1 aliphatic rings. The highest BCUT2D eigenvalue weighted by Gasteiger charge is 2.34. The lowest BCUT2D eigenvalue weighted by Crippen LogP contribution is -2.54. The van der Waals surface area contributed by atoms with Crippen molar-refractivity contribution < 1.29 is 23.8 Å². The highest BCUT2D eigenvalue weighted by Crippen LogP contribution is 2.33. The van der Waals surface area contributed by atoms with Gasteiger partial charge in [-0.25, -0.2) is 4.39 Å². The molecule has 0 saturated carbocycles. The molecule has 6 nitrogen and oxygen atoms in total. The molecule has 1 fully saturated rings. The number of benzene rings is 2. The van der Waals surface area contributed by atoms with E-state index >= 15 is 0 Å². The number of thiocarbonyl (C=S) groups is 1. The number of ether oxygens (including phenoxy) is 1. The molecular formula is C18H12FIN2O4S. The van der Waals surface area contributed by atoms with Gasteiger partial charge in [-0.3, -0.25) is 19.8 Å². The van der Waals surface area contributed by atoms with Crippen molar-refractivity contribution in [2.24, 2.45) is 0 Å². The molecule has 3 rings (SSSR count). The number of carbonyl (C=O) groups excluding carboxylic acids is 2. The Morgan fingerprint density at radius 2 is 1.93 bits per heavy atom. The van der Waals surface area contributed by atoms with Crippen molar-refractivity contribution in [3.05, 3.63) is 56.9 Å². The Labute approximate surface area is 172 Å². The predicted octanol–water partition coefficient (Wildman–Crippen LogP) is 2.98. The van der Waals surface area contributed by atoms with Crippen molar-refractivity contribution in [1.29, 1.82) is 0 Å². The second-order valence-electron chi connectivity index (χ2n) is 5.49. The van der Waals surface area contributed by atoms with Gasteiger partial charge in [-0.1, -0.05) is 0 Å². The molecule has 2 N–H and O–H groups in total. The molecule has 0 aliphatic carbocycles. The van der Waals surface area contributed by atoms with Crippen LogP contribution in [0.1, 0.15) is 5.56 Å². The van der Waals surface area contributed by atoms with Crippen LogP contribution in [0, 0.1) is 9.39 Å². The monoisotopic (exact) mass is 498 g/mol. The Bertz CT molecular complexity index is 992. The van der Waals surface area contributed by atoms with Crippen molar-refractivity contribution in [3.63, 3.8) is 0 Å². The highest BCUT2D eigenvalue weighted by molar-refractivity contribution is 14.1. The van der Waals surface area contributed by atoms with Crippen molar-refractivity contribution in [2.75, 3.05) is 12.0 Å². The Kier molecular flexibility index (Phi) is 5.42. The van der Waals surface area contributed by atoms with Crippen LogP contribution in [0.25, 0.3) is 6.08 Å². The first kappa shape index (κ1) is 19.2. The van der Waals surface area contributed by atoms with Crippen LogP contribution in [0.15, 0.2) is 42.0 Å². The number of rotatable bonds is 3. The van der Waals surface area contributed by atoms with Crippen LogP contribution >= 0.6 is 34.8 Å². The Morgan fingerprint density at radius 3 is 2.56 bits per heavy atom. The van der Waals surface area contributed by atoms with E-state index in [2.05, 4.69) is 5.32 Å². The average molecular weight is 498 g/mol. The van der Waals surface area contributed by atoms with E-state index in [0.717, 1.165) is 4.90 Å². The molecule has 0 aromatic heterocycles. The maximum Gasteiger partial charge on any atom is 0.270 e. The van der Waals surface area contributed by atoms with E-state index in [-0.39, 0.29) is 22.2 Å². The molecule has 0 spiro atoms. The highest BCUT2D eigenvalue weighted by atomic mass is 127. The number of carbonyl (C=O) groups is 2. The second-order valence-corrected chi connectivity index (χ2v) is 7.04. The van der Waals surface area contributed by atoms with Crippen LogP contribution in [0.2, 0.25) is 0 Å². The maximum atomic E-state index is 13.2. The molecule has 0 unspecified atom stereocenters. The van der Waals surface area contributed by atoms with E-state index in [1.165, 1.54) is 43.5 Å². The first-order chi connectivity index (χ1) is 12.8. The van der Waals surface area contributed by atoms with Gasteiger partial charge in [0.2, 0.25) is 0 Å². The normalized spacial score (nSPS) is 15.9. The first-order valence-corrected chi connectivity index (χ1v) is 9.04. The van der Waals surface area contributed by atoms with E-state index in [4.69, 9.17) is 17.0 Å². The summed E-state index contributed by atoms with van der Waals surface area (Å²) in [4.78, 5) is 26.3. The molecule has 2 amide bonds. The molecule has 138 valence electrons. The number of amides is 2. The van der Waals surface area contributed by atoms with E-state index < -0.39 is 17.6 Å². The van der Waals surface area contributed by atoms with Crippen LogP contribution in [0.3, 0.4) is 0 Å². The molecule has 9 heteroatoms. The number of nitrogens with zero attached hydrogens (tertiary/aromatic N) is 1. The van der Waals surface area contributed by atoms with Gasteiger partial charge in [0.15, 0.2) is 16.6 Å². The van der Waals surface area contributed by atoms with Crippen molar-refractivity contribution >= 4 is 63.5 Å². The fraction of sp³-hybridized carbons (Fsp3) is 0.0556. The molecule has 2 aromatic rings. The van der Waals surface area contributed by atoms with E-state index in [1.54, 1.807) is 6.07 Å². The lowest BCUT2D eigenvalue weighted by molar-refractivity contribution is -0.122. The van der Waals surface area contributed by atoms with Gasteiger partial charge in [-0.05, 0) is 82.8 Å². The molecule has 0 atom stereocenters. The molecular weight excluding hydrogens is 486 g/mol. The van der Waals surface area contributed by atoms with E-state index in [0.29, 0.717) is 14.8 Å². The predicted molar refractivity (Wildman–Crippen MR) is 110 cm³/mol. The van der Waals surface area contributed by atoms with Gasteiger partial charge >= 0.3 is 0 Å². The lowest BCUT2D eigenvalue weighted by Gasteiger charge is -2.28. The number of halogens is 2. The number of methoxy groups -OCH3 is 1. The Hall–Kier alpha value is -2.53. The summed E-state index contributed by atoms with van der Waals surface area (Å²) < 4.78 is 18.8. The average Bonchev–Trinajstić information content (AvgIpc) is 2.62. The number of phenolic OH excluding ortho intramolecular Hbond substituents is 1. The zero-order valence-corrected chi connectivity index (χ0v) is 16.8. The van der Waals surface area contributed by atoms with E-state index in [9.17, 15) is 19.1 Å². The first-order valence-electron chi connectivity index (χ1n) is 7.55. The molecule has 2 aromatic carbocycles. The Balaban J connectivity index is 2.04. The lowest BCUT2D eigenvalue weighted by atomic mass is 10.1. The number of hydrogen-bond acceptors (Lipinski definition) is 5. The summed E-state index contributed by atoms with van der Waals surface area (Å²) in [6.45, 7) is 0. The van der Waals surface area contributed by atoms with E-state index in [1.807, 2.05) is 22.6 Å². The third kappa shape index (κ3) is 3.78. The fourth-order valence-electron chi connectivity index (χ4n) is 2.48. The maximum absolute atomic E-state index is 13.2. The topological polar surface area (TPSA) is 78.9 Å². The Morgan fingerprint density at radius 1 is 1.26 bits per heavy atom. The minimum absolute atomic E-state index is 0.0335. The summed E-state index contributed by atoms with van der Waals surface area (Å²) in [5, 5.41) is 12.3. The number of nitrogens with one attached hydrogen (secondary N) is 1. The minimum Gasteiger partial charge on any atom is -0.504 e. The summed E-state index contributed by atoms with van der Waals surface area (Å²) in [5.41, 5.74) is 0.658.